The van der Waals surface area contributed by atoms with Crippen LogP contribution in [0.3, 0.4) is 0 Å². The fourth-order valence-corrected chi connectivity index (χ4v) is 2.32. The van der Waals surface area contributed by atoms with Crippen molar-refractivity contribution < 1.29 is 13.2 Å². The number of hydrogen-bond acceptors (Lipinski definition) is 4. The standard InChI is InChI=1S/C12H17NO3S/c1-8-6-10(17(3,15)16)7-11(9(8)2)12(14)4-5-13/h6-7H,4-5,13H2,1-3H3. The molecule has 1 aromatic rings. The van der Waals surface area contributed by atoms with E-state index in [2.05, 4.69) is 0 Å². The van der Waals surface area contributed by atoms with Crippen LogP contribution in [0.4, 0.5) is 0 Å². The average Bonchev–Trinajstić information content (AvgIpc) is 2.20. The van der Waals surface area contributed by atoms with Crippen LogP contribution in [0.25, 0.3) is 0 Å². The SMILES string of the molecule is Cc1cc(S(C)(=O)=O)cc(C(=O)CCN)c1C. The molecule has 1 rings (SSSR count). The van der Waals surface area contributed by atoms with Gasteiger partial charge in [0.15, 0.2) is 15.6 Å². The minimum atomic E-state index is -3.30. The largest absolute Gasteiger partial charge is 0.330 e. The lowest BCUT2D eigenvalue weighted by Gasteiger charge is -2.10. The van der Waals surface area contributed by atoms with Crippen LogP contribution < -0.4 is 5.73 Å². The van der Waals surface area contributed by atoms with Crippen molar-refractivity contribution >= 4 is 15.6 Å². The molecule has 5 heteroatoms. The first kappa shape index (κ1) is 13.9. The lowest BCUT2D eigenvalue weighted by atomic mass is 9.99. The first-order valence-electron chi connectivity index (χ1n) is 5.32. The number of carbonyl (C=O) groups is 1. The number of rotatable bonds is 4. The van der Waals surface area contributed by atoms with Gasteiger partial charge in [-0.3, -0.25) is 4.79 Å². The van der Waals surface area contributed by atoms with Crippen LogP contribution in [0, 0.1) is 13.8 Å². The molecule has 0 unspecified atom stereocenters. The average molecular weight is 255 g/mol. The molecule has 4 nitrogen and oxygen atoms in total. The van der Waals surface area contributed by atoms with Gasteiger partial charge >= 0.3 is 0 Å². The van der Waals surface area contributed by atoms with E-state index in [1.807, 2.05) is 6.92 Å². The van der Waals surface area contributed by atoms with Gasteiger partial charge in [-0.1, -0.05) is 0 Å². The van der Waals surface area contributed by atoms with Gasteiger partial charge in [-0.2, -0.15) is 0 Å². The number of nitrogens with two attached hydrogens (primary N) is 1. The van der Waals surface area contributed by atoms with Crippen molar-refractivity contribution in [3.63, 3.8) is 0 Å². The number of carbonyl (C=O) groups excluding carboxylic acids is 1. The third kappa shape index (κ3) is 3.14. The van der Waals surface area contributed by atoms with Crippen molar-refractivity contribution in [1.29, 1.82) is 0 Å². The van der Waals surface area contributed by atoms with Crippen molar-refractivity contribution in [2.75, 3.05) is 12.8 Å². The molecule has 94 valence electrons. The van der Waals surface area contributed by atoms with E-state index < -0.39 is 9.84 Å². The van der Waals surface area contributed by atoms with Crippen molar-refractivity contribution in [2.45, 2.75) is 25.2 Å². The normalized spacial score (nSPS) is 11.5. The number of ketones is 1. The molecular formula is C12H17NO3S. The first-order valence-corrected chi connectivity index (χ1v) is 7.21. The zero-order valence-electron chi connectivity index (χ0n) is 10.3. The second kappa shape index (κ2) is 4.98. The second-order valence-corrected chi connectivity index (χ2v) is 6.16. The number of hydrogen-bond donors (Lipinski definition) is 1. The molecule has 0 aliphatic heterocycles. The van der Waals surface area contributed by atoms with E-state index in [4.69, 9.17) is 5.73 Å². The highest BCUT2D eigenvalue weighted by Crippen LogP contribution is 2.21. The smallest absolute Gasteiger partial charge is 0.175 e. The Balaban J connectivity index is 3.40. The van der Waals surface area contributed by atoms with Crippen molar-refractivity contribution in [3.05, 3.63) is 28.8 Å². The van der Waals surface area contributed by atoms with E-state index in [1.54, 1.807) is 13.0 Å². The highest BCUT2D eigenvalue weighted by Gasteiger charge is 2.15. The summed E-state index contributed by atoms with van der Waals surface area (Å²) >= 11 is 0. The van der Waals surface area contributed by atoms with E-state index in [0.717, 1.165) is 17.4 Å². The summed E-state index contributed by atoms with van der Waals surface area (Å²) in [6, 6.07) is 3.03. The van der Waals surface area contributed by atoms with Gasteiger partial charge < -0.3 is 5.73 Å². The van der Waals surface area contributed by atoms with Crippen LogP contribution in [0.2, 0.25) is 0 Å². The van der Waals surface area contributed by atoms with Gasteiger partial charge in [0.25, 0.3) is 0 Å². The number of benzene rings is 1. The van der Waals surface area contributed by atoms with Gasteiger partial charge in [0.2, 0.25) is 0 Å². The maximum absolute atomic E-state index is 11.8. The predicted octanol–water partition coefficient (Wildman–Crippen LogP) is 1.24. The molecule has 0 radical (unpaired) electrons. The van der Waals surface area contributed by atoms with Crippen LogP contribution in [0.1, 0.15) is 27.9 Å². The molecule has 0 fully saturated rings. The maximum atomic E-state index is 11.8. The molecule has 17 heavy (non-hydrogen) atoms. The molecule has 2 N–H and O–H groups in total. The van der Waals surface area contributed by atoms with Crippen molar-refractivity contribution in [1.82, 2.24) is 0 Å². The van der Waals surface area contributed by atoms with E-state index in [-0.39, 0.29) is 23.6 Å². The molecule has 0 saturated heterocycles. The molecule has 0 aliphatic rings. The fourth-order valence-electron chi connectivity index (χ4n) is 1.60. The Kier molecular flexibility index (Phi) is 4.06. The molecule has 0 atom stereocenters. The first-order chi connectivity index (χ1) is 7.77. The van der Waals surface area contributed by atoms with Gasteiger partial charge in [-0.25, -0.2) is 8.42 Å². The van der Waals surface area contributed by atoms with Gasteiger partial charge in [-0.05, 0) is 43.7 Å². The summed E-state index contributed by atoms with van der Waals surface area (Å²) in [5.74, 6) is -0.112. The molecule has 0 spiro atoms. The van der Waals surface area contributed by atoms with Gasteiger partial charge in [-0.15, -0.1) is 0 Å². The Hall–Kier alpha value is -1.20. The number of aryl methyl sites for hydroxylation is 1. The van der Waals surface area contributed by atoms with Crippen LogP contribution >= 0.6 is 0 Å². The summed E-state index contributed by atoms with van der Waals surface area (Å²) < 4.78 is 23.0. The predicted molar refractivity (Wildman–Crippen MR) is 67.0 cm³/mol. The molecule has 0 bridgehead atoms. The molecule has 0 saturated carbocycles. The van der Waals surface area contributed by atoms with Crippen LogP contribution in [0.15, 0.2) is 17.0 Å². The van der Waals surface area contributed by atoms with Gasteiger partial charge in [0.1, 0.15) is 0 Å². The van der Waals surface area contributed by atoms with Crippen LogP contribution in [-0.4, -0.2) is 27.0 Å². The van der Waals surface area contributed by atoms with E-state index in [9.17, 15) is 13.2 Å². The van der Waals surface area contributed by atoms with Crippen molar-refractivity contribution in [3.8, 4) is 0 Å². The minimum Gasteiger partial charge on any atom is -0.330 e. The highest BCUT2D eigenvalue weighted by atomic mass is 32.2. The van der Waals surface area contributed by atoms with Gasteiger partial charge in [0, 0.05) is 18.2 Å². The Bertz CT molecular complexity index is 547. The zero-order valence-corrected chi connectivity index (χ0v) is 11.1. The summed E-state index contributed by atoms with van der Waals surface area (Å²) in [7, 11) is -3.30. The Morgan fingerprint density at radius 1 is 1.29 bits per heavy atom. The maximum Gasteiger partial charge on any atom is 0.175 e. The monoisotopic (exact) mass is 255 g/mol. The van der Waals surface area contributed by atoms with Crippen LogP contribution in [0.5, 0.6) is 0 Å². The quantitative estimate of drug-likeness (QED) is 0.821. The lowest BCUT2D eigenvalue weighted by molar-refractivity contribution is 0.0984. The molecule has 0 aliphatic carbocycles. The summed E-state index contributed by atoms with van der Waals surface area (Å²) in [5, 5.41) is 0. The van der Waals surface area contributed by atoms with Crippen LogP contribution in [-0.2, 0) is 9.84 Å². The third-order valence-corrected chi connectivity index (χ3v) is 3.83. The summed E-state index contributed by atoms with van der Waals surface area (Å²) in [4.78, 5) is 12.0. The van der Waals surface area contributed by atoms with Crippen molar-refractivity contribution in [2.24, 2.45) is 5.73 Å². The van der Waals surface area contributed by atoms with Gasteiger partial charge in [0.05, 0.1) is 4.90 Å². The third-order valence-electron chi connectivity index (χ3n) is 2.74. The van der Waals surface area contributed by atoms with E-state index in [1.165, 1.54) is 6.07 Å². The Morgan fingerprint density at radius 2 is 1.88 bits per heavy atom. The fraction of sp³-hybridized carbons (Fsp3) is 0.417. The number of Topliss-reactive ketones (excluding diaryl/α,β-unsaturated/α-hetero) is 1. The topological polar surface area (TPSA) is 77.2 Å². The Morgan fingerprint density at radius 3 is 2.35 bits per heavy atom. The molecular weight excluding hydrogens is 238 g/mol. The molecule has 1 aromatic carbocycles. The highest BCUT2D eigenvalue weighted by molar-refractivity contribution is 7.90. The zero-order chi connectivity index (χ0) is 13.2. The lowest BCUT2D eigenvalue weighted by Crippen LogP contribution is -2.11. The van der Waals surface area contributed by atoms with E-state index >= 15 is 0 Å². The molecule has 0 heterocycles. The number of sulfone groups is 1. The summed E-state index contributed by atoms with van der Waals surface area (Å²) in [6.45, 7) is 3.87. The second-order valence-electron chi connectivity index (χ2n) is 4.15. The summed E-state index contributed by atoms with van der Waals surface area (Å²) in [6.07, 6.45) is 1.36. The van der Waals surface area contributed by atoms with E-state index in [0.29, 0.717) is 5.56 Å². The molecule has 0 aromatic heterocycles. The minimum absolute atomic E-state index is 0.112. The molecule has 0 amide bonds. The summed E-state index contributed by atoms with van der Waals surface area (Å²) in [5.41, 5.74) is 7.41. The Labute approximate surface area is 102 Å².